The Kier molecular flexibility index (Phi) is 4.79. The van der Waals surface area contributed by atoms with Gasteiger partial charge in [0.05, 0.1) is 22.1 Å². The van der Waals surface area contributed by atoms with Gasteiger partial charge in [-0.15, -0.1) is 0 Å². The van der Waals surface area contributed by atoms with Gasteiger partial charge in [0, 0.05) is 5.56 Å². The summed E-state index contributed by atoms with van der Waals surface area (Å²) in [5.41, 5.74) is 3.17. The first-order chi connectivity index (χ1) is 14.4. The van der Waals surface area contributed by atoms with Crippen molar-refractivity contribution in [2.24, 2.45) is 0 Å². The Labute approximate surface area is 171 Å². The number of fused-ring (bicyclic) bond motifs is 2. The van der Waals surface area contributed by atoms with E-state index >= 15 is 0 Å². The van der Waals surface area contributed by atoms with E-state index in [-0.39, 0.29) is 16.9 Å². The molecular weight excluding hydrogens is 384 g/mol. The number of carbonyl (C=O) groups excluding carboxylic acids is 1. The number of hydrogen-bond acceptors (Lipinski definition) is 6. The number of nitrogens with zero attached hydrogens (tertiary/aromatic N) is 2. The number of aryl methyl sites for hydroxylation is 1. The van der Waals surface area contributed by atoms with Crippen LogP contribution in [0.3, 0.4) is 0 Å². The van der Waals surface area contributed by atoms with Gasteiger partial charge in [-0.05, 0) is 43.7 Å². The number of carbonyl (C=O) groups is 2. The van der Waals surface area contributed by atoms with Gasteiger partial charge in [0.25, 0.3) is 0 Å². The van der Waals surface area contributed by atoms with Crippen molar-refractivity contribution in [3.8, 4) is 5.75 Å². The topological polar surface area (TPSA) is 110 Å². The number of phenolic OH excluding ortho intramolecular Hbond substituents is 1. The summed E-state index contributed by atoms with van der Waals surface area (Å²) in [6.45, 7) is 3.43. The molecule has 1 heterocycles. The molecule has 0 unspecified atom stereocenters. The van der Waals surface area contributed by atoms with Crippen LogP contribution in [0.2, 0.25) is 0 Å². The standard InChI is InChI=1S/C23H18N2O5/c1-12-6-3-11-18(26)19(12)23(29)30-13(2)14-7-4-9-16-20(14)24-17-10-5-8-15(22(27)28)21(17)25-16/h3-11,13,26H,1-2H3,(H,27,28)/t13-/m1/s1. The van der Waals surface area contributed by atoms with Crippen LogP contribution < -0.4 is 0 Å². The molecule has 1 atom stereocenters. The van der Waals surface area contributed by atoms with E-state index in [9.17, 15) is 19.8 Å². The normalized spacial score (nSPS) is 12.1. The van der Waals surface area contributed by atoms with E-state index in [0.717, 1.165) is 0 Å². The third-order valence-corrected chi connectivity index (χ3v) is 4.93. The molecule has 0 fully saturated rings. The minimum absolute atomic E-state index is 0.0711. The highest BCUT2D eigenvalue weighted by Crippen LogP contribution is 2.29. The fourth-order valence-corrected chi connectivity index (χ4v) is 3.44. The predicted octanol–water partition coefficient (Wildman–Crippen LogP) is 4.41. The summed E-state index contributed by atoms with van der Waals surface area (Å²) < 4.78 is 5.61. The quantitative estimate of drug-likeness (QED) is 0.384. The fraction of sp³-hybridized carbons (Fsp3) is 0.130. The van der Waals surface area contributed by atoms with E-state index in [1.165, 1.54) is 12.1 Å². The Morgan fingerprint density at radius 2 is 1.57 bits per heavy atom. The van der Waals surface area contributed by atoms with Crippen molar-refractivity contribution in [2.75, 3.05) is 0 Å². The first kappa shape index (κ1) is 19.3. The van der Waals surface area contributed by atoms with E-state index < -0.39 is 18.0 Å². The van der Waals surface area contributed by atoms with Crippen molar-refractivity contribution in [1.82, 2.24) is 9.97 Å². The molecule has 3 aromatic carbocycles. The van der Waals surface area contributed by atoms with E-state index in [4.69, 9.17) is 4.74 Å². The van der Waals surface area contributed by atoms with Crippen LogP contribution in [-0.4, -0.2) is 32.1 Å². The Morgan fingerprint density at radius 3 is 2.27 bits per heavy atom. The molecule has 4 aromatic rings. The minimum atomic E-state index is -1.08. The summed E-state index contributed by atoms with van der Waals surface area (Å²) in [5, 5.41) is 19.4. The number of carboxylic acid groups (broad SMARTS) is 1. The maximum absolute atomic E-state index is 12.7. The molecule has 0 aliphatic heterocycles. The number of ether oxygens (including phenoxy) is 1. The van der Waals surface area contributed by atoms with Gasteiger partial charge in [0.2, 0.25) is 0 Å². The number of aromatic nitrogens is 2. The summed E-state index contributed by atoms with van der Waals surface area (Å²) >= 11 is 0. The van der Waals surface area contributed by atoms with Crippen molar-refractivity contribution in [3.63, 3.8) is 0 Å². The molecule has 7 nitrogen and oxygen atoms in total. The molecule has 1 aromatic heterocycles. The maximum atomic E-state index is 12.7. The van der Waals surface area contributed by atoms with E-state index in [1.54, 1.807) is 56.3 Å². The third-order valence-electron chi connectivity index (χ3n) is 4.93. The lowest BCUT2D eigenvalue weighted by molar-refractivity contribution is 0.0336. The van der Waals surface area contributed by atoms with Gasteiger partial charge in [-0.1, -0.05) is 30.3 Å². The van der Waals surface area contributed by atoms with Gasteiger partial charge < -0.3 is 14.9 Å². The fourth-order valence-electron chi connectivity index (χ4n) is 3.44. The number of esters is 1. The second-order valence-electron chi connectivity index (χ2n) is 6.93. The molecule has 0 aliphatic carbocycles. The maximum Gasteiger partial charge on any atom is 0.342 e. The zero-order chi connectivity index (χ0) is 21.4. The molecule has 2 N–H and O–H groups in total. The van der Waals surface area contributed by atoms with Crippen molar-refractivity contribution in [3.05, 3.63) is 76.9 Å². The molecule has 0 saturated carbocycles. The summed E-state index contributed by atoms with van der Waals surface area (Å²) in [6, 6.07) is 14.8. The van der Waals surface area contributed by atoms with Crippen LogP contribution in [0.25, 0.3) is 22.1 Å². The molecule has 0 saturated heterocycles. The lowest BCUT2D eigenvalue weighted by Crippen LogP contribution is -2.11. The zero-order valence-electron chi connectivity index (χ0n) is 16.3. The molecule has 30 heavy (non-hydrogen) atoms. The molecule has 0 spiro atoms. The third kappa shape index (κ3) is 3.30. The van der Waals surface area contributed by atoms with Crippen LogP contribution in [0.15, 0.2) is 54.6 Å². The molecular formula is C23H18N2O5. The summed E-state index contributed by atoms with van der Waals surface area (Å²) in [4.78, 5) is 33.2. The predicted molar refractivity (Wildman–Crippen MR) is 111 cm³/mol. The number of para-hydroxylation sites is 2. The van der Waals surface area contributed by atoms with Crippen molar-refractivity contribution >= 4 is 34.0 Å². The number of carboxylic acids is 1. The van der Waals surface area contributed by atoms with Crippen molar-refractivity contribution < 1.29 is 24.5 Å². The minimum Gasteiger partial charge on any atom is -0.507 e. The second-order valence-corrected chi connectivity index (χ2v) is 6.93. The molecule has 0 bridgehead atoms. The van der Waals surface area contributed by atoms with Gasteiger partial charge in [-0.25, -0.2) is 19.6 Å². The van der Waals surface area contributed by atoms with E-state index in [2.05, 4.69) is 9.97 Å². The highest BCUT2D eigenvalue weighted by atomic mass is 16.5. The van der Waals surface area contributed by atoms with E-state index in [1.807, 2.05) is 0 Å². The largest absolute Gasteiger partial charge is 0.507 e. The monoisotopic (exact) mass is 402 g/mol. The van der Waals surface area contributed by atoms with Crippen LogP contribution in [0, 0.1) is 6.92 Å². The summed E-state index contributed by atoms with van der Waals surface area (Å²) in [7, 11) is 0. The molecule has 0 aliphatic rings. The van der Waals surface area contributed by atoms with Crippen molar-refractivity contribution in [1.29, 1.82) is 0 Å². The Balaban J connectivity index is 1.77. The molecule has 4 rings (SSSR count). The molecule has 7 heteroatoms. The van der Waals surface area contributed by atoms with Crippen LogP contribution >= 0.6 is 0 Å². The second kappa shape index (κ2) is 7.44. The van der Waals surface area contributed by atoms with Gasteiger partial charge in [-0.2, -0.15) is 0 Å². The highest BCUT2D eigenvalue weighted by molar-refractivity contribution is 6.02. The molecule has 0 amide bonds. The number of aromatic carboxylic acids is 1. The lowest BCUT2D eigenvalue weighted by atomic mass is 10.1. The first-order valence-electron chi connectivity index (χ1n) is 9.29. The SMILES string of the molecule is Cc1cccc(O)c1C(=O)O[C@H](C)c1cccc2nc3c(C(=O)O)cccc3nc12. The van der Waals surface area contributed by atoms with Gasteiger partial charge in [0.15, 0.2) is 0 Å². The number of phenols is 1. The summed E-state index contributed by atoms with van der Waals surface area (Å²) in [5.74, 6) is -1.86. The average Bonchev–Trinajstić information content (AvgIpc) is 2.71. The lowest BCUT2D eigenvalue weighted by Gasteiger charge is -2.17. The molecule has 150 valence electrons. The number of hydrogen-bond donors (Lipinski definition) is 2. The van der Waals surface area contributed by atoms with Gasteiger partial charge in [0.1, 0.15) is 22.9 Å². The van der Waals surface area contributed by atoms with Crippen LogP contribution in [0.5, 0.6) is 5.75 Å². The number of aromatic hydroxyl groups is 1. The highest BCUT2D eigenvalue weighted by Gasteiger charge is 2.21. The van der Waals surface area contributed by atoms with Crippen molar-refractivity contribution in [2.45, 2.75) is 20.0 Å². The van der Waals surface area contributed by atoms with Crippen LogP contribution in [0.1, 0.15) is 44.9 Å². The number of rotatable bonds is 4. The zero-order valence-corrected chi connectivity index (χ0v) is 16.3. The Morgan fingerprint density at radius 1 is 0.933 bits per heavy atom. The average molecular weight is 402 g/mol. The number of benzene rings is 3. The molecule has 0 radical (unpaired) electrons. The first-order valence-corrected chi connectivity index (χ1v) is 9.29. The van der Waals surface area contributed by atoms with Gasteiger partial charge in [-0.3, -0.25) is 0 Å². The van der Waals surface area contributed by atoms with Gasteiger partial charge >= 0.3 is 11.9 Å². The van der Waals surface area contributed by atoms with Crippen LogP contribution in [-0.2, 0) is 4.74 Å². The van der Waals surface area contributed by atoms with Crippen LogP contribution in [0.4, 0.5) is 0 Å². The Bertz CT molecular complexity index is 1300. The van der Waals surface area contributed by atoms with E-state index in [0.29, 0.717) is 33.2 Å². The Hall–Kier alpha value is -4.00. The smallest absolute Gasteiger partial charge is 0.342 e. The summed E-state index contributed by atoms with van der Waals surface area (Å²) in [6.07, 6.45) is -0.672.